The summed E-state index contributed by atoms with van der Waals surface area (Å²) in [6, 6.07) is 14.4. The molecule has 0 fully saturated rings. The predicted octanol–water partition coefficient (Wildman–Crippen LogP) is 2.54. The van der Waals surface area contributed by atoms with E-state index in [-0.39, 0.29) is 30.9 Å². The molecule has 0 aromatic heterocycles. The number of anilines is 1. The molecule has 0 bridgehead atoms. The highest BCUT2D eigenvalue weighted by Crippen LogP contribution is 2.24. The number of ether oxygens (including phenoxy) is 2. The number of hydrogen-bond donors (Lipinski definition) is 3. The molecule has 27 heavy (non-hydrogen) atoms. The normalized spacial score (nSPS) is 10.4. The van der Waals surface area contributed by atoms with E-state index in [2.05, 4.69) is 16.0 Å². The summed E-state index contributed by atoms with van der Waals surface area (Å²) in [6.45, 7) is 3.91. The van der Waals surface area contributed by atoms with Gasteiger partial charge >= 0.3 is 0 Å². The van der Waals surface area contributed by atoms with Crippen molar-refractivity contribution < 1.29 is 19.1 Å². The zero-order chi connectivity index (χ0) is 19.6. The minimum absolute atomic E-state index is 0.0512. The van der Waals surface area contributed by atoms with Crippen LogP contribution < -0.4 is 25.4 Å². The average Bonchev–Trinajstić information content (AvgIpc) is 2.63. The molecule has 0 aliphatic rings. The van der Waals surface area contributed by atoms with Crippen molar-refractivity contribution in [3.8, 4) is 17.2 Å². The first-order valence-electron chi connectivity index (χ1n) is 8.68. The molecule has 2 rings (SSSR count). The van der Waals surface area contributed by atoms with E-state index in [0.29, 0.717) is 17.2 Å². The summed E-state index contributed by atoms with van der Waals surface area (Å²) in [5, 5.41) is 8.31. The Morgan fingerprint density at radius 2 is 1.37 bits per heavy atom. The molecule has 144 valence electrons. The van der Waals surface area contributed by atoms with Crippen LogP contribution in [0.4, 0.5) is 5.69 Å². The number of amides is 2. The molecular weight excluding hydrogens is 346 g/mol. The van der Waals surface area contributed by atoms with Crippen LogP contribution in [-0.2, 0) is 9.59 Å². The fourth-order valence-electron chi connectivity index (χ4n) is 2.25. The molecule has 7 heteroatoms. The van der Waals surface area contributed by atoms with Gasteiger partial charge in [-0.1, -0.05) is 0 Å². The smallest absolute Gasteiger partial charge is 0.238 e. The van der Waals surface area contributed by atoms with Gasteiger partial charge in [0.1, 0.15) is 17.2 Å². The monoisotopic (exact) mass is 371 g/mol. The average molecular weight is 371 g/mol. The number of methoxy groups -OCH3 is 1. The first-order valence-corrected chi connectivity index (χ1v) is 8.68. The highest BCUT2D eigenvalue weighted by molar-refractivity contribution is 5.92. The van der Waals surface area contributed by atoms with Gasteiger partial charge in [0.2, 0.25) is 11.8 Å². The summed E-state index contributed by atoms with van der Waals surface area (Å²) in [5.41, 5.74) is 0.649. The van der Waals surface area contributed by atoms with Gasteiger partial charge in [0.15, 0.2) is 0 Å². The fraction of sp³-hybridized carbons (Fsp3) is 0.300. The van der Waals surface area contributed by atoms with Gasteiger partial charge in [0, 0.05) is 11.7 Å². The molecule has 0 aliphatic heterocycles. The van der Waals surface area contributed by atoms with Crippen molar-refractivity contribution in [2.24, 2.45) is 0 Å². The van der Waals surface area contributed by atoms with E-state index in [0.717, 1.165) is 5.75 Å². The van der Waals surface area contributed by atoms with Crippen molar-refractivity contribution in [2.45, 2.75) is 19.9 Å². The highest BCUT2D eigenvalue weighted by Gasteiger charge is 2.06. The molecule has 2 aromatic carbocycles. The Kier molecular flexibility index (Phi) is 7.63. The summed E-state index contributed by atoms with van der Waals surface area (Å²) in [7, 11) is 1.61. The Labute approximate surface area is 159 Å². The molecule has 0 aliphatic carbocycles. The highest BCUT2D eigenvalue weighted by atomic mass is 16.5. The van der Waals surface area contributed by atoms with Crippen LogP contribution in [0, 0.1) is 0 Å². The standard InChI is InChI=1S/C20H25N3O4/c1-14(2)22-19(24)12-21-13-20(25)23-15-4-6-17(7-5-15)27-18-10-8-16(26-3)9-11-18/h4-11,14,21H,12-13H2,1-3H3,(H,22,24)(H,23,25). The molecule has 0 unspecified atom stereocenters. The number of hydrogen-bond acceptors (Lipinski definition) is 5. The summed E-state index contributed by atoms with van der Waals surface area (Å²) >= 11 is 0. The second-order valence-corrected chi connectivity index (χ2v) is 6.18. The molecule has 0 heterocycles. The third-order valence-electron chi connectivity index (χ3n) is 3.45. The van der Waals surface area contributed by atoms with Crippen LogP contribution in [0.25, 0.3) is 0 Å². The van der Waals surface area contributed by atoms with Gasteiger partial charge in [0.25, 0.3) is 0 Å². The maximum atomic E-state index is 11.9. The zero-order valence-electron chi connectivity index (χ0n) is 15.7. The van der Waals surface area contributed by atoms with Gasteiger partial charge in [-0.3, -0.25) is 14.9 Å². The van der Waals surface area contributed by atoms with Crippen molar-refractivity contribution in [2.75, 3.05) is 25.5 Å². The number of benzene rings is 2. The van der Waals surface area contributed by atoms with Gasteiger partial charge in [-0.05, 0) is 62.4 Å². The SMILES string of the molecule is COc1ccc(Oc2ccc(NC(=O)CNCC(=O)NC(C)C)cc2)cc1. The number of carbonyl (C=O) groups excluding carboxylic acids is 2. The van der Waals surface area contributed by atoms with Crippen LogP contribution in [0.1, 0.15) is 13.8 Å². The quantitative estimate of drug-likeness (QED) is 0.630. The lowest BCUT2D eigenvalue weighted by Gasteiger charge is -2.10. The van der Waals surface area contributed by atoms with Crippen LogP contribution in [0.5, 0.6) is 17.2 Å². The zero-order valence-corrected chi connectivity index (χ0v) is 15.7. The Bertz CT molecular complexity index is 743. The molecule has 0 saturated carbocycles. The van der Waals surface area contributed by atoms with E-state index in [1.54, 1.807) is 31.4 Å². The van der Waals surface area contributed by atoms with Crippen molar-refractivity contribution in [1.29, 1.82) is 0 Å². The van der Waals surface area contributed by atoms with Gasteiger partial charge in [-0.15, -0.1) is 0 Å². The lowest BCUT2D eigenvalue weighted by Crippen LogP contribution is -2.40. The Hall–Kier alpha value is -3.06. The van der Waals surface area contributed by atoms with Crippen molar-refractivity contribution in [1.82, 2.24) is 10.6 Å². The summed E-state index contributed by atoms with van der Waals surface area (Å²) in [5.74, 6) is 1.74. The minimum Gasteiger partial charge on any atom is -0.497 e. The number of carbonyl (C=O) groups is 2. The lowest BCUT2D eigenvalue weighted by atomic mass is 10.3. The number of rotatable bonds is 9. The minimum atomic E-state index is -0.226. The number of nitrogens with one attached hydrogen (secondary N) is 3. The molecule has 0 atom stereocenters. The molecule has 0 saturated heterocycles. The van der Waals surface area contributed by atoms with Crippen molar-refractivity contribution in [3.63, 3.8) is 0 Å². The Morgan fingerprint density at radius 3 is 1.93 bits per heavy atom. The summed E-state index contributed by atoms with van der Waals surface area (Å²) < 4.78 is 10.8. The second kappa shape index (κ2) is 10.2. The molecule has 2 amide bonds. The molecule has 7 nitrogen and oxygen atoms in total. The van der Waals surface area contributed by atoms with Crippen molar-refractivity contribution >= 4 is 17.5 Å². The molecule has 0 spiro atoms. The van der Waals surface area contributed by atoms with E-state index in [1.807, 2.05) is 38.1 Å². The third-order valence-corrected chi connectivity index (χ3v) is 3.45. The fourth-order valence-corrected chi connectivity index (χ4v) is 2.25. The van der Waals surface area contributed by atoms with E-state index in [4.69, 9.17) is 9.47 Å². The van der Waals surface area contributed by atoms with Crippen LogP contribution in [0.2, 0.25) is 0 Å². The van der Waals surface area contributed by atoms with Crippen molar-refractivity contribution in [3.05, 3.63) is 48.5 Å². The van der Waals surface area contributed by atoms with Crippen LogP contribution in [0.3, 0.4) is 0 Å². The predicted molar refractivity (Wildman–Crippen MR) is 104 cm³/mol. The molecule has 0 radical (unpaired) electrons. The van der Waals surface area contributed by atoms with E-state index in [1.165, 1.54) is 0 Å². The topological polar surface area (TPSA) is 88.7 Å². The van der Waals surface area contributed by atoms with E-state index in [9.17, 15) is 9.59 Å². The van der Waals surface area contributed by atoms with Crippen LogP contribution in [0.15, 0.2) is 48.5 Å². The Morgan fingerprint density at radius 1 is 0.852 bits per heavy atom. The second-order valence-electron chi connectivity index (χ2n) is 6.18. The first kappa shape index (κ1) is 20.3. The first-order chi connectivity index (χ1) is 13.0. The maximum Gasteiger partial charge on any atom is 0.238 e. The van der Waals surface area contributed by atoms with Gasteiger partial charge in [0.05, 0.1) is 20.2 Å². The van der Waals surface area contributed by atoms with E-state index >= 15 is 0 Å². The Balaban J connectivity index is 1.77. The molecule has 3 N–H and O–H groups in total. The summed E-state index contributed by atoms with van der Waals surface area (Å²) in [4.78, 5) is 23.4. The molecule has 2 aromatic rings. The largest absolute Gasteiger partial charge is 0.497 e. The molecular formula is C20H25N3O4. The lowest BCUT2D eigenvalue weighted by molar-refractivity contribution is -0.120. The maximum absolute atomic E-state index is 11.9. The van der Waals surface area contributed by atoms with Gasteiger partial charge in [-0.2, -0.15) is 0 Å². The van der Waals surface area contributed by atoms with Crippen LogP contribution in [-0.4, -0.2) is 38.1 Å². The van der Waals surface area contributed by atoms with Crippen LogP contribution >= 0.6 is 0 Å². The summed E-state index contributed by atoms with van der Waals surface area (Å²) in [6.07, 6.45) is 0. The van der Waals surface area contributed by atoms with Gasteiger partial charge < -0.3 is 20.1 Å². The van der Waals surface area contributed by atoms with Gasteiger partial charge in [-0.25, -0.2) is 0 Å². The van der Waals surface area contributed by atoms with E-state index < -0.39 is 0 Å². The third kappa shape index (κ3) is 7.37.